The van der Waals surface area contributed by atoms with Crippen LogP contribution < -0.4 is 0 Å². The third-order valence-corrected chi connectivity index (χ3v) is 3.04. The standard InChI is InChI=1S/C12H19O8P/c1-9(5-3-7-13)11(15)19-21(17,18)20-12(16)10(2)6-4-8-14/h13-14H,1-8H2,(H,17,18). The summed E-state index contributed by atoms with van der Waals surface area (Å²) in [7, 11) is -4.92. The first-order valence-corrected chi connectivity index (χ1v) is 7.61. The molecule has 0 aromatic carbocycles. The Balaban J connectivity index is 4.45. The van der Waals surface area contributed by atoms with Crippen molar-refractivity contribution < 1.29 is 38.3 Å². The highest BCUT2D eigenvalue weighted by Crippen LogP contribution is 2.45. The summed E-state index contributed by atoms with van der Waals surface area (Å²) in [6.45, 7) is 6.30. The Labute approximate surface area is 122 Å². The zero-order valence-corrected chi connectivity index (χ0v) is 12.4. The molecule has 0 aliphatic heterocycles. The summed E-state index contributed by atoms with van der Waals surface area (Å²) >= 11 is 0. The molecule has 0 aliphatic carbocycles. The Morgan fingerprint density at radius 1 is 0.905 bits per heavy atom. The molecule has 0 aromatic heterocycles. The number of aliphatic hydroxyl groups excluding tert-OH is 2. The molecule has 9 heteroatoms. The van der Waals surface area contributed by atoms with Gasteiger partial charge in [-0.2, -0.15) is 0 Å². The smallest absolute Gasteiger partial charge is 0.396 e. The largest absolute Gasteiger partial charge is 0.589 e. The molecule has 0 saturated heterocycles. The first kappa shape index (κ1) is 19.5. The van der Waals surface area contributed by atoms with Crippen molar-refractivity contribution in [1.29, 1.82) is 0 Å². The number of hydrogen-bond acceptors (Lipinski definition) is 7. The van der Waals surface area contributed by atoms with Crippen LogP contribution in [0.4, 0.5) is 0 Å². The van der Waals surface area contributed by atoms with E-state index in [9.17, 15) is 19.0 Å². The van der Waals surface area contributed by atoms with Crippen molar-refractivity contribution in [2.24, 2.45) is 0 Å². The van der Waals surface area contributed by atoms with E-state index in [0.29, 0.717) is 0 Å². The quantitative estimate of drug-likeness (QED) is 0.398. The van der Waals surface area contributed by atoms with Crippen LogP contribution in [0.15, 0.2) is 24.3 Å². The summed E-state index contributed by atoms with van der Waals surface area (Å²) in [6, 6.07) is 0. The molecule has 0 fully saturated rings. The summed E-state index contributed by atoms with van der Waals surface area (Å²) in [5.41, 5.74) is -0.262. The summed E-state index contributed by atoms with van der Waals surface area (Å²) in [5, 5.41) is 17.2. The molecular formula is C12H19O8P. The number of rotatable bonds is 10. The van der Waals surface area contributed by atoms with Crippen LogP contribution in [0.5, 0.6) is 0 Å². The molecule has 3 N–H and O–H groups in total. The van der Waals surface area contributed by atoms with Gasteiger partial charge in [-0.05, 0) is 25.7 Å². The monoisotopic (exact) mass is 322 g/mol. The van der Waals surface area contributed by atoms with Gasteiger partial charge in [-0.1, -0.05) is 13.2 Å². The van der Waals surface area contributed by atoms with E-state index < -0.39 is 19.8 Å². The van der Waals surface area contributed by atoms with E-state index in [4.69, 9.17) is 10.2 Å². The minimum atomic E-state index is -4.92. The zero-order valence-electron chi connectivity index (χ0n) is 11.5. The van der Waals surface area contributed by atoms with Crippen molar-refractivity contribution in [3.8, 4) is 0 Å². The molecule has 0 spiro atoms. The van der Waals surface area contributed by atoms with Gasteiger partial charge in [0.25, 0.3) is 0 Å². The topological polar surface area (TPSA) is 130 Å². The number of carbonyl (C=O) groups is 2. The molecule has 0 bridgehead atoms. The predicted octanol–water partition coefficient (Wildman–Crippen LogP) is 0.831. The molecule has 8 nitrogen and oxygen atoms in total. The highest BCUT2D eigenvalue weighted by Gasteiger charge is 2.32. The number of phosphoric acid groups is 1. The van der Waals surface area contributed by atoms with Crippen molar-refractivity contribution >= 4 is 19.8 Å². The fraction of sp³-hybridized carbons (Fsp3) is 0.500. The number of phosphoric ester groups is 1. The second-order valence-electron chi connectivity index (χ2n) is 4.09. The van der Waals surface area contributed by atoms with Crippen molar-refractivity contribution in [1.82, 2.24) is 0 Å². The third kappa shape index (κ3) is 8.41. The highest BCUT2D eigenvalue weighted by molar-refractivity contribution is 7.48. The molecule has 21 heavy (non-hydrogen) atoms. The van der Waals surface area contributed by atoms with Crippen LogP contribution in [-0.4, -0.2) is 40.3 Å². The molecule has 0 rings (SSSR count). The predicted molar refractivity (Wildman–Crippen MR) is 72.9 cm³/mol. The normalized spacial score (nSPS) is 10.8. The van der Waals surface area contributed by atoms with Gasteiger partial charge < -0.3 is 19.3 Å². The summed E-state index contributed by atoms with van der Waals surface area (Å²) in [4.78, 5) is 32.1. The average Bonchev–Trinajstić information content (AvgIpc) is 2.40. The first-order chi connectivity index (χ1) is 9.73. The minimum Gasteiger partial charge on any atom is -0.396 e. The van der Waals surface area contributed by atoms with E-state index in [1.165, 1.54) is 0 Å². The summed E-state index contributed by atoms with van der Waals surface area (Å²) in [5.74, 6) is -2.38. The van der Waals surface area contributed by atoms with Gasteiger partial charge >= 0.3 is 19.8 Å². The van der Waals surface area contributed by atoms with Crippen LogP contribution in [0.3, 0.4) is 0 Å². The second-order valence-corrected chi connectivity index (χ2v) is 5.39. The SMILES string of the molecule is C=C(CCCO)C(=O)OP(=O)(O)OC(=O)C(=C)CCCO. The van der Waals surface area contributed by atoms with E-state index in [1.807, 2.05) is 0 Å². The lowest BCUT2D eigenvalue weighted by atomic mass is 10.2. The maximum atomic E-state index is 11.5. The Morgan fingerprint density at radius 3 is 1.52 bits per heavy atom. The fourth-order valence-corrected chi connectivity index (χ4v) is 1.86. The van der Waals surface area contributed by atoms with Gasteiger partial charge in [-0.25, -0.2) is 14.2 Å². The van der Waals surface area contributed by atoms with E-state index in [2.05, 4.69) is 22.2 Å². The number of aliphatic hydroxyl groups is 2. The van der Waals surface area contributed by atoms with Gasteiger partial charge in [0.2, 0.25) is 0 Å². The fourth-order valence-electron chi connectivity index (χ4n) is 1.15. The number of carbonyl (C=O) groups excluding carboxylic acids is 2. The van der Waals surface area contributed by atoms with Crippen LogP contribution in [0.2, 0.25) is 0 Å². The molecule has 0 aliphatic rings. The Morgan fingerprint density at radius 2 is 1.24 bits per heavy atom. The van der Waals surface area contributed by atoms with Crippen molar-refractivity contribution in [3.63, 3.8) is 0 Å². The van der Waals surface area contributed by atoms with Gasteiger partial charge in [0.1, 0.15) is 0 Å². The molecular weight excluding hydrogens is 303 g/mol. The van der Waals surface area contributed by atoms with E-state index in [1.54, 1.807) is 0 Å². The molecule has 0 atom stereocenters. The van der Waals surface area contributed by atoms with Gasteiger partial charge in [0.15, 0.2) is 0 Å². The van der Waals surface area contributed by atoms with E-state index in [-0.39, 0.29) is 50.0 Å². The van der Waals surface area contributed by atoms with Gasteiger partial charge in [0, 0.05) is 24.4 Å². The van der Waals surface area contributed by atoms with Crippen LogP contribution in [0.1, 0.15) is 25.7 Å². The summed E-state index contributed by atoms with van der Waals surface area (Å²) < 4.78 is 19.8. The van der Waals surface area contributed by atoms with Crippen molar-refractivity contribution in [3.05, 3.63) is 24.3 Å². The average molecular weight is 322 g/mol. The lowest BCUT2D eigenvalue weighted by Crippen LogP contribution is -2.12. The van der Waals surface area contributed by atoms with E-state index >= 15 is 0 Å². The molecule has 0 amide bonds. The lowest BCUT2D eigenvalue weighted by molar-refractivity contribution is -0.136. The Kier molecular flexibility index (Phi) is 8.80. The summed E-state index contributed by atoms with van der Waals surface area (Å²) in [6.07, 6.45) is 0.627. The first-order valence-electron chi connectivity index (χ1n) is 6.11. The minimum absolute atomic E-state index is 0.0759. The Hall–Kier alpha value is -1.47. The van der Waals surface area contributed by atoms with Gasteiger partial charge in [-0.15, -0.1) is 0 Å². The Bertz CT molecular complexity index is 418. The lowest BCUT2D eigenvalue weighted by Gasteiger charge is -2.13. The molecule has 0 saturated carbocycles. The molecule has 120 valence electrons. The van der Waals surface area contributed by atoms with Gasteiger partial charge in [0.05, 0.1) is 0 Å². The van der Waals surface area contributed by atoms with Crippen LogP contribution in [0.25, 0.3) is 0 Å². The maximum absolute atomic E-state index is 11.5. The van der Waals surface area contributed by atoms with Crippen LogP contribution >= 0.6 is 7.82 Å². The second kappa shape index (κ2) is 9.46. The zero-order chi connectivity index (χ0) is 16.5. The molecule has 0 aromatic rings. The van der Waals surface area contributed by atoms with Crippen molar-refractivity contribution in [2.75, 3.05) is 13.2 Å². The van der Waals surface area contributed by atoms with E-state index in [0.717, 1.165) is 0 Å². The number of hydrogen-bond donors (Lipinski definition) is 3. The molecule has 0 unspecified atom stereocenters. The van der Waals surface area contributed by atoms with Crippen molar-refractivity contribution in [2.45, 2.75) is 25.7 Å². The van der Waals surface area contributed by atoms with Crippen LogP contribution in [-0.2, 0) is 23.2 Å². The van der Waals surface area contributed by atoms with Gasteiger partial charge in [-0.3, -0.25) is 4.89 Å². The highest BCUT2D eigenvalue weighted by atomic mass is 31.2. The molecule has 0 heterocycles. The maximum Gasteiger partial charge on any atom is 0.589 e. The third-order valence-electron chi connectivity index (χ3n) is 2.25. The van der Waals surface area contributed by atoms with Crippen LogP contribution in [0, 0.1) is 0 Å². The molecule has 0 radical (unpaired) electrons.